The first-order valence-corrected chi connectivity index (χ1v) is 6.62. The van der Waals surface area contributed by atoms with Gasteiger partial charge in [-0.2, -0.15) is 13.2 Å². The number of sulfone groups is 1. The Bertz CT molecular complexity index is 665. The fraction of sp³-hybridized carbons (Fsp3) is 0.200. The van der Waals surface area contributed by atoms with E-state index < -0.39 is 33.5 Å². The number of aromatic nitrogens is 2. The molecule has 0 saturated carbocycles. The molecule has 0 amide bonds. The summed E-state index contributed by atoms with van der Waals surface area (Å²) in [5, 5.41) is 5.84. The van der Waals surface area contributed by atoms with Gasteiger partial charge in [0.1, 0.15) is 5.75 Å². The zero-order valence-electron chi connectivity index (χ0n) is 9.26. The quantitative estimate of drug-likeness (QED) is 0.865. The average Bonchev–Trinajstić information content (AvgIpc) is 2.78. The van der Waals surface area contributed by atoms with Crippen molar-refractivity contribution in [3.63, 3.8) is 0 Å². The summed E-state index contributed by atoms with van der Waals surface area (Å²) < 4.78 is 64.6. The molecule has 1 aromatic carbocycles. The maximum absolute atomic E-state index is 12.2. The van der Waals surface area contributed by atoms with Gasteiger partial charge in [-0.05, 0) is 12.1 Å². The molecule has 0 aliphatic carbocycles. The second-order valence-electron chi connectivity index (χ2n) is 3.57. The lowest BCUT2D eigenvalue weighted by Crippen LogP contribution is -2.05. The van der Waals surface area contributed by atoms with E-state index in [9.17, 15) is 21.6 Å². The molecule has 0 aliphatic rings. The summed E-state index contributed by atoms with van der Waals surface area (Å²) in [6.45, 7) is 0. The van der Waals surface area contributed by atoms with E-state index in [1.54, 1.807) is 6.07 Å². The van der Waals surface area contributed by atoms with Gasteiger partial charge in [-0.1, -0.05) is 18.2 Å². The van der Waals surface area contributed by atoms with Crippen LogP contribution >= 0.6 is 0 Å². The highest BCUT2D eigenvalue weighted by Gasteiger charge is 2.38. The van der Waals surface area contributed by atoms with Gasteiger partial charge in [-0.15, -0.1) is 10.2 Å². The monoisotopic (exact) mass is 292 g/mol. The summed E-state index contributed by atoms with van der Waals surface area (Å²) >= 11 is 0. The van der Waals surface area contributed by atoms with Crippen molar-refractivity contribution in [1.82, 2.24) is 10.2 Å². The first kappa shape index (κ1) is 13.5. The van der Waals surface area contributed by atoms with E-state index >= 15 is 0 Å². The number of rotatable bonds is 3. The molecule has 0 N–H and O–H groups in total. The molecule has 2 rings (SSSR count). The molecule has 1 heterocycles. The number of nitrogens with zero attached hydrogens (tertiary/aromatic N) is 2. The molecule has 0 radical (unpaired) electrons. The van der Waals surface area contributed by atoms with Crippen LogP contribution in [-0.2, 0) is 21.8 Å². The second-order valence-corrected chi connectivity index (χ2v) is 5.56. The van der Waals surface area contributed by atoms with Crippen LogP contribution in [-0.4, -0.2) is 18.6 Å². The standard InChI is InChI=1S/C10H7F3N2O3S/c11-10(12,13)9-15-14-8(18-9)6-19(16,17)7-4-2-1-3-5-7/h1-5H,6H2. The van der Waals surface area contributed by atoms with Gasteiger partial charge < -0.3 is 4.42 Å². The van der Waals surface area contributed by atoms with Crippen LogP contribution in [0.25, 0.3) is 0 Å². The molecule has 19 heavy (non-hydrogen) atoms. The van der Waals surface area contributed by atoms with Crippen molar-refractivity contribution in [3.8, 4) is 0 Å². The minimum atomic E-state index is -4.79. The Morgan fingerprint density at radius 1 is 1.11 bits per heavy atom. The molecular weight excluding hydrogens is 285 g/mol. The number of hydrogen-bond acceptors (Lipinski definition) is 5. The normalized spacial score (nSPS) is 12.6. The number of alkyl halides is 3. The molecule has 0 saturated heterocycles. The topological polar surface area (TPSA) is 73.1 Å². The van der Waals surface area contributed by atoms with Crippen molar-refractivity contribution in [2.45, 2.75) is 16.8 Å². The average molecular weight is 292 g/mol. The zero-order chi connectivity index (χ0) is 14.1. The SMILES string of the molecule is O=S(=O)(Cc1nnc(C(F)(F)F)o1)c1ccccc1. The zero-order valence-corrected chi connectivity index (χ0v) is 10.1. The van der Waals surface area contributed by atoms with Crippen LogP contribution in [0.5, 0.6) is 0 Å². The molecule has 0 unspecified atom stereocenters. The molecule has 0 atom stereocenters. The number of hydrogen-bond donors (Lipinski definition) is 0. The lowest BCUT2D eigenvalue weighted by molar-refractivity contribution is -0.157. The van der Waals surface area contributed by atoms with Crippen LogP contribution < -0.4 is 0 Å². The maximum Gasteiger partial charge on any atom is 0.470 e. The largest absolute Gasteiger partial charge is 0.470 e. The minimum absolute atomic E-state index is 0.0261. The highest BCUT2D eigenvalue weighted by molar-refractivity contribution is 7.90. The van der Waals surface area contributed by atoms with Crippen LogP contribution in [0.1, 0.15) is 11.8 Å². The summed E-state index contributed by atoms with van der Waals surface area (Å²) in [4.78, 5) is -0.0261. The molecule has 2 aromatic rings. The Labute approximate surface area is 106 Å². The van der Waals surface area contributed by atoms with Crippen LogP contribution in [0.15, 0.2) is 39.6 Å². The predicted molar refractivity (Wildman–Crippen MR) is 56.6 cm³/mol. The van der Waals surface area contributed by atoms with Crippen LogP contribution in [0.2, 0.25) is 0 Å². The van der Waals surface area contributed by atoms with Crippen molar-refractivity contribution in [2.24, 2.45) is 0 Å². The number of benzene rings is 1. The molecule has 0 bridgehead atoms. The smallest absolute Gasteiger partial charge is 0.416 e. The van der Waals surface area contributed by atoms with Gasteiger partial charge in [0, 0.05) is 0 Å². The molecule has 0 fully saturated rings. The van der Waals surface area contributed by atoms with Gasteiger partial charge in [0.2, 0.25) is 5.89 Å². The van der Waals surface area contributed by atoms with Crippen LogP contribution in [0, 0.1) is 0 Å². The van der Waals surface area contributed by atoms with E-state index in [1.807, 2.05) is 0 Å². The van der Waals surface area contributed by atoms with Gasteiger partial charge >= 0.3 is 12.1 Å². The van der Waals surface area contributed by atoms with Crippen molar-refractivity contribution in [3.05, 3.63) is 42.1 Å². The summed E-state index contributed by atoms with van der Waals surface area (Å²) in [6.07, 6.45) is -4.79. The maximum atomic E-state index is 12.2. The fourth-order valence-electron chi connectivity index (χ4n) is 1.30. The van der Waals surface area contributed by atoms with Crippen LogP contribution in [0.4, 0.5) is 13.2 Å². The van der Waals surface area contributed by atoms with Gasteiger partial charge in [-0.25, -0.2) is 8.42 Å². The van der Waals surface area contributed by atoms with E-state index in [0.717, 1.165) is 0 Å². The third kappa shape index (κ3) is 3.11. The molecular formula is C10H7F3N2O3S. The lowest BCUT2D eigenvalue weighted by atomic mass is 10.4. The summed E-state index contributed by atoms with van der Waals surface area (Å²) in [5.74, 6) is -2.94. The lowest BCUT2D eigenvalue weighted by Gasteiger charge is -2.01. The molecule has 9 heteroatoms. The minimum Gasteiger partial charge on any atom is -0.416 e. The van der Waals surface area contributed by atoms with Crippen molar-refractivity contribution in [1.29, 1.82) is 0 Å². The molecule has 5 nitrogen and oxygen atoms in total. The van der Waals surface area contributed by atoms with E-state index in [1.165, 1.54) is 24.3 Å². The van der Waals surface area contributed by atoms with E-state index in [4.69, 9.17) is 0 Å². The fourth-order valence-corrected chi connectivity index (χ4v) is 2.48. The van der Waals surface area contributed by atoms with Gasteiger partial charge in [0.05, 0.1) is 4.90 Å². The van der Waals surface area contributed by atoms with E-state index in [-0.39, 0.29) is 4.90 Å². The van der Waals surface area contributed by atoms with Crippen molar-refractivity contribution >= 4 is 9.84 Å². The number of halogens is 3. The highest BCUT2D eigenvalue weighted by atomic mass is 32.2. The summed E-state index contributed by atoms with van der Waals surface area (Å²) in [6, 6.07) is 7.28. The Morgan fingerprint density at radius 2 is 1.74 bits per heavy atom. The Hall–Kier alpha value is -1.90. The highest BCUT2D eigenvalue weighted by Crippen LogP contribution is 2.28. The van der Waals surface area contributed by atoms with Gasteiger partial charge in [0.25, 0.3) is 0 Å². The predicted octanol–water partition coefficient (Wildman–Crippen LogP) is 2.06. The molecule has 0 aliphatic heterocycles. The summed E-state index contributed by atoms with van der Waals surface area (Å²) in [7, 11) is -3.81. The third-order valence-corrected chi connectivity index (χ3v) is 3.74. The van der Waals surface area contributed by atoms with Crippen molar-refractivity contribution < 1.29 is 26.0 Å². The molecule has 1 aromatic heterocycles. The molecule has 0 spiro atoms. The molecule has 102 valence electrons. The van der Waals surface area contributed by atoms with Crippen LogP contribution in [0.3, 0.4) is 0 Å². The Balaban J connectivity index is 2.25. The first-order chi connectivity index (χ1) is 8.79. The van der Waals surface area contributed by atoms with Gasteiger partial charge in [-0.3, -0.25) is 0 Å². The Kier molecular flexibility index (Phi) is 3.31. The first-order valence-electron chi connectivity index (χ1n) is 4.96. The van der Waals surface area contributed by atoms with Crippen molar-refractivity contribution in [2.75, 3.05) is 0 Å². The Morgan fingerprint density at radius 3 is 2.26 bits per heavy atom. The van der Waals surface area contributed by atoms with E-state index in [0.29, 0.717) is 0 Å². The summed E-state index contributed by atoms with van der Waals surface area (Å²) in [5.41, 5.74) is 0. The third-order valence-electron chi connectivity index (χ3n) is 2.13. The van der Waals surface area contributed by atoms with Gasteiger partial charge in [0.15, 0.2) is 9.84 Å². The van der Waals surface area contributed by atoms with E-state index in [2.05, 4.69) is 14.6 Å². The second kappa shape index (κ2) is 4.65.